The highest BCUT2D eigenvalue weighted by Crippen LogP contribution is 2.26. The standard InChI is InChI=1S/C15H20ClFN4/c1-4-18-12(15-11(17)7-6-8-19-15)9-13-14(16)10(3)20-21(13)5-2/h6-8,12,18H,4-5,9H2,1-3H3. The van der Waals surface area contributed by atoms with Crippen molar-refractivity contribution in [3.8, 4) is 0 Å². The van der Waals surface area contributed by atoms with Crippen LogP contribution in [0.5, 0.6) is 0 Å². The van der Waals surface area contributed by atoms with Gasteiger partial charge in [0.25, 0.3) is 0 Å². The molecule has 1 N–H and O–H groups in total. The molecule has 0 saturated carbocycles. The Bertz CT molecular complexity index is 612. The van der Waals surface area contributed by atoms with Crippen LogP contribution < -0.4 is 5.32 Å². The van der Waals surface area contributed by atoms with E-state index in [0.717, 1.165) is 24.5 Å². The third kappa shape index (κ3) is 3.41. The number of rotatable bonds is 6. The minimum Gasteiger partial charge on any atom is -0.308 e. The van der Waals surface area contributed by atoms with Crippen LogP contribution in [-0.2, 0) is 13.0 Å². The van der Waals surface area contributed by atoms with Crippen molar-refractivity contribution in [3.63, 3.8) is 0 Å². The van der Waals surface area contributed by atoms with Gasteiger partial charge < -0.3 is 5.32 Å². The smallest absolute Gasteiger partial charge is 0.146 e. The van der Waals surface area contributed by atoms with Crippen LogP contribution in [0.1, 0.15) is 37.0 Å². The average molecular weight is 311 g/mol. The summed E-state index contributed by atoms with van der Waals surface area (Å²) < 4.78 is 15.9. The van der Waals surface area contributed by atoms with Crippen molar-refractivity contribution in [2.75, 3.05) is 6.54 Å². The molecule has 1 unspecified atom stereocenters. The van der Waals surface area contributed by atoms with Crippen molar-refractivity contribution in [2.45, 2.75) is 39.8 Å². The van der Waals surface area contributed by atoms with Gasteiger partial charge in [0.1, 0.15) is 5.82 Å². The summed E-state index contributed by atoms with van der Waals surface area (Å²) in [4.78, 5) is 4.18. The van der Waals surface area contributed by atoms with Gasteiger partial charge in [0.05, 0.1) is 28.1 Å². The van der Waals surface area contributed by atoms with Crippen molar-refractivity contribution >= 4 is 11.6 Å². The van der Waals surface area contributed by atoms with Crippen molar-refractivity contribution < 1.29 is 4.39 Å². The molecule has 0 aliphatic heterocycles. The number of aryl methyl sites for hydroxylation is 2. The second kappa shape index (κ2) is 7.00. The fourth-order valence-corrected chi connectivity index (χ4v) is 2.64. The molecule has 0 aliphatic carbocycles. The van der Waals surface area contributed by atoms with Crippen molar-refractivity contribution in [1.29, 1.82) is 0 Å². The Balaban J connectivity index is 2.35. The minimum atomic E-state index is -0.307. The number of nitrogens with one attached hydrogen (secondary N) is 1. The molecule has 114 valence electrons. The summed E-state index contributed by atoms with van der Waals surface area (Å²) in [5, 5.41) is 8.32. The van der Waals surface area contributed by atoms with Crippen LogP contribution in [-0.4, -0.2) is 21.3 Å². The number of nitrogens with zero attached hydrogens (tertiary/aromatic N) is 3. The molecule has 21 heavy (non-hydrogen) atoms. The number of hydrogen-bond donors (Lipinski definition) is 1. The molecule has 2 rings (SSSR count). The summed E-state index contributed by atoms with van der Waals surface area (Å²) in [5.74, 6) is -0.307. The van der Waals surface area contributed by atoms with Gasteiger partial charge in [-0.1, -0.05) is 18.5 Å². The Morgan fingerprint density at radius 2 is 2.19 bits per heavy atom. The van der Waals surface area contributed by atoms with Crippen LogP contribution in [0.25, 0.3) is 0 Å². The van der Waals surface area contributed by atoms with Crippen LogP contribution in [0, 0.1) is 12.7 Å². The zero-order valence-corrected chi connectivity index (χ0v) is 13.3. The number of pyridine rings is 1. The Labute approximate surface area is 129 Å². The minimum absolute atomic E-state index is 0.227. The lowest BCUT2D eigenvalue weighted by Crippen LogP contribution is -2.26. The molecule has 0 aliphatic rings. The zero-order chi connectivity index (χ0) is 15.4. The van der Waals surface area contributed by atoms with Gasteiger partial charge >= 0.3 is 0 Å². The van der Waals surface area contributed by atoms with E-state index < -0.39 is 0 Å². The fourth-order valence-electron chi connectivity index (χ4n) is 2.42. The lowest BCUT2D eigenvalue weighted by Gasteiger charge is -2.18. The maximum Gasteiger partial charge on any atom is 0.146 e. The van der Waals surface area contributed by atoms with E-state index in [0.29, 0.717) is 17.1 Å². The highest BCUT2D eigenvalue weighted by atomic mass is 35.5. The number of likely N-dealkylation sites (N-methyl/N-ethyl adjacent to an activating group) is 1. The predicted octanol–water partition coefficient (Wildman–Crippen LogP) is 3.29. The maximum atomic E-state index is 14.0. The van der Waals surface area contributed by atoms with E-state index in [1.54, 1.807) is 12.3 Å². The average Bonchev–Trinajstić information content (AvgIpc) is 2.75. The van der Waals surface area contributed by atoms with Crippen LogP contribution in [0.2, 0.25) is 5.02 Å². The van der Waals surface area contributed by atoms with Crippen LogP contribution in [0.4, 0.5) is 4.39 Å². The van der Waals surface area contributed by atoms with Crippen LogP contribution in [0.15, 0.2) is 18.3 Å². The van der Waals surface area contributed by atoms with Crippen molar-refractivity contribution in [3.05, 3.63) is 46.3 Å². The van der Waals surface area contributed by atoms with E-state index in [1.807, 2.05) is 25.5 Å². The lowest BCUT2D eigenvalue weighted by atomic mass is 10.1. The first-order valence-corrected chi connectivity index (χ1v) is 7.51. The number of hydrogen-bond acceptors (Lipinski definition) is 3. The molecule has 0 aromatic carbocycles. The third-order valence-electron chi connectivity index (χ3n) is 3.42. The fraction of sp³-hybridized carbons (Fsp3) is 0.467. The van der Waals surface area contributed by atoms with E-state index >= 15 is 0 Å². The van der Waals surface area contributed by atoms with Gasteiger partial charge in [-0.05, 0) is 32.5 Å². The third-order valence-corrected chi connectivity index (χ3v) is 3.91. The molecular formula is C15H20ClFN4. The van der Waals surface area contributed by atoms with Gasteiger partial charge in [0.2, 0.25) is 0 Å². The first-order valence-electron chi connectivity index (χ1n) is 7.14. The zero-order valence-electron chi connectivity index (χ0n) is 12.5. The van der Waals surface area contributed by atoms with Crippen LogP contribution >= 0.6 is 11.6 Å². The second-order valence-electron chi connectivity index (χ2n) is 4.85. The van der Waals surface area contributed by atoms with E-state index in [1.165, 1.54) is 6.07 Å². The predicted molar refractivity (Wildman–Crippen MR) is 82.0 cm³/mol. The Morgan fingerprint density at radius 1 is 1.43 bits per heavy atom. The maximum absolute atomic E-state index is 14.0. The summed E-state index contributed by atoms with van der Waals surface area (Å²) in [6, 6.07) is 2.79. The Kier molecular flexibility index (Phi) is 5.31. The molecule has 0 bridgehead atoms. The molecule has 2 aromatic rings. The molecular weight excluding hydrogens is 291 g/mol. The van der Waals surface area contributed by atoms with Gasteiger partial charge in [0.15, 0.2) is 0 Å². The highest BCUT2D eigenvalue weighted by molar-refractivity contribution is 6.31. The molecule has 4 nitrogen and oxygen atoms in total. The summed E-state index contributed by atoms with van der Waals surface area (Å²) in [5.41, 5.74) is 2.12. The van der Waals surface area contributed by atoms with E-state index in [2.05, 4.69) is 15.4 Å². The lowest BCUT2D eigenvalue weighted by molar-refractivity contribution is 0.477. The highest BCUT2D eigenvalue weighted by Gasteiger charge is 2.21. The van der Waals surface area contributed by atoms with Crippen molar-refractivity contribution in [1.82, 2.24) is 20.1 Å². The first-order chi connectivity index (χ1) is 10.1. The molecule has 0 spiro atoms. The Morgan fingerprint density at radius 3 is 2.81 bits per heavy atom. The molecule has 0 fully saturated rings. The van der Waals surface area contributed by atoms with E-state index in [4.69, 9.17) is 11.6 Å². The summed E-state index contributed by atoms with van der Waals surface area (Å²) in [7, 11) is 0. The molecule has 0 amide bonds. The SMILES string of the molecule is CCNC(Cc1c(Cl)c(C)nn1CC)c1ncccc1F. The molecule has 0 radical (unpaired) electrons. The monoisotopic (exact) mass is 310 g/mol. The quantitative estimate of drug-likeness (QED) is 0.890. The van der Waals surface area contributed by atoms with Gasteiger partial charge in [-0.15, -0.1) is 0 Å². The van der Waals surface area contributed by atoms with E-state index in [9.17, 15) is 4.39 Å². The normalized spacial score (nSPS) is 12.6. The summed E-state index contributed by atoms with van der Waals surface area (Å²) >= 11 is 6.34. The number of halogens is 2. The van der Waals surface area contributed by atoms with Crippen LogP contribution in [0.3, 0.4) is 0 Å². The summed E-state index contributed by atoms with van der Waals surface area (Å²) in [6.45, 7) is 7.32. The Hall–Kier alpha value is -1.46. The molecule has 1 atom stereocenters. The van der Waals surface area contributed by atoms with Gasteiger partial charge in [-0.3, -0.25) is 9.67 Å². The molecule has 6 heteroatoms. The first kappa shape index (κ1) is 15.9. The molecule has 2 aromatic heterocycles. The largest absolute Gasteiger partial charge is 0.308 e. The summed E-state index contributed by atoms with van der Waals surface area (Å²) in [6.07, 6.45) is 2.15. The van der Waals surface area contributed by atoms with Gasteiger partial charge in [-0.25, -0.2) is 4.39 Å². The van der Waals surface area contributed by atoms with Crippen molar-refractivity contribution in [2.24, 2.45) is 0 Å². The van der Waals surface area contributed by atoms with Gasteiger partial charge in [-0.2, -0.15) is 5.10 Å². The molecule has 0 saturated heterocycles. The second-order valence-corrected chi connectivity index (χ2v) is 5.22. The molecule has 2 heterocycles. The van der Waals surface area contributed by atoms with Gasteiger partial charge in [0, 0.05) is 19.2 Å². The number of aromatic nitrogens is 3. The van der Waals surface area contributed by atoms with E-state index in [-0.39, 0.29) is 11.9 Å². The topological polar surface area (TPSA) is 42.7 Å².